The number of rotatable bonds is 8. The number of fused-ring (bicyclic) bond motifs is 2. The lowest BCUT2D eigenvalue weighted by atomic mass is 10.1. The summed E-state index contributed by atoms with van der Waals surface area (Å²) in [6, 6.07) is 16.8. The molecule has 9 nitrogen and oxygen atoms in total. The Kier molecular flexibility index (Phi) is 6.20. The first kappa shape index (κ1) is 23.2. The summed E-state index contributed by atoms with van der Waals surface area (Å²) in [5.41, 5.74) is 3.16. The molecule has 0 bridgehead atoms. The van der Waals surface area contributed by atoms with Gasteiger partial charge in [-0.1, -0.05) is 23.4 Å². The number of ether oxygens (including phenoxy) is 4. The van der Waals surface area contributed by atoms with Gasteiger partial charge >= 0.3 is 0 Å². The highest BCUT2D eigenvalue weighted by molar-refractivity contribution is 5.96. The topological polar surface area (TPSA) is 89.6 Å². The van der Waals surface area contributed by atoms with E-state index in [1.165, 1.54) is 0 Å². The minimum Gasteiger partial charge on any atom is -0.495 e. The van der Waals surface area contributed by atoms with Gasteiger partial charge in [0.05, 0.1) is 64.1 Å². The number of nitrogens with zero attached hydrogens (tertiary/aromatic N) is 4. The standard InChI is InChI=1S/C27H26N4O5/c1-33-22-11-7-9-20-25(22)31(21-10-6-5-8-19(21)26(20)32)16-18-15-30(29-28-18)14-17-12-23(34-2)27(36-4)24(13-17)35-3/h5-13,15H,14,16H2,1-4H3. The van der Waals surface area contributed by atoms with Crippen LogP contribution in [0.2, 0.25) is 0 Å². The van der Waals surface area contributed by atoms with Crippen molar-refractivity contribution in [3.63, 3.8) is 0 Å². The van der Waals surface area contributed by atoms with E-state index in [-0.39, 0.29) is 5.43 Å². The van der Waals surface area contributed by atoms with Crippen LogP contribution in [-0.4, -0.2) is 48.0 Å². The van der Waals surface area contributed by atoms with E-state index < -0.39 is 0 Å². The summed E-state index contributed by atoms with van der Waals surface area (Å²) in [7, 11) is 6.35. The van der Waals surface area contributed by atoms with Gasteiger partial charge in [0, 0.05) is 5.39 Å². The van der Waals surface area contributed by atoms with E-state index in [0.717, 1.165) is 22.3 Å². The zero-order valence-corrected chi connectivity index (χ0v) is 20.5. The van der Waals surface area contributed by atoms with E-state index in [1.807, 2.05) is 60.8 Å². The second-order valence-corrected chi connectivity index (χ2v) is 8.23. The number of hydrogen-bond donors (Lipinski definition) is 0. The fraction of sp³-hybridized carbons (Fsp3) is 0.222. The summed E-state index contributed by atoms with van der Waals surface area (Å²) >= 11 is 0. The Labute approximate surface area is 207 Å². The molecule has 0 amide bonds. The summed E-state index contributed by atoms with van der Waals surface area (Å²) in [5, 5.41) is 9.97. The van der Waals surface area contributed by atoms with Gasteiger partial charge in [-0.3, -0.25) is 4.79 Å². The Morgan fingerprint density at radius 2 is 1.47 bits per heavy atom. The minimum atomic E-state index is -0.0261. The Morgan fingerprint density at radius 3 is 2.17 bits per heavy atom. The van der Waals surface area contributed by atoms with E-state index >= 15 is 0 Å². The lowest BCUT2D eigenvalue weighted by Crippen LogP contribution is -2.13. The summed E-state index contributed by atoms with van der Waals surface area (Å²) < 4.78 is 25.8. The van der Waals surface area contributed by atoms with E-state index in [1.54, 1.807) is 33.1 Å². The van der Waals surface area contributed by atoms with Crippen molar-refractivity contribution in [1.29, 1.82) is 0 Å². The lowest BCUT2D eigenvalue weighted by Gasteiger charge is -2.16. The lowest BCUT2D eigenvalue weighted by molar-refractivity contribution is 0.323. The van der Waals surface area contributed by atoms with Crippen LogP contribution in [0.1, 0.15) is 11.3 Å². The third kappa shape index (κ3) is 3.98. The first-order valence-corrected chi connectivity index (χ1v) is 11.3. The van der Waals surface area contributed by atoms with Gasteiger partial charge in [-0.15, -0.1) is 5.10 Å². The molecule has 2 aromatic heterocycles. The van der Waals surface area contributed by atoms with Gasteiger partial charge in [-0.25, -0.2) is 4.68 Å². The second kappa shape index (κ2) is 9.61. The van der Waals surface area contributed by atoms with Crippen molar-refractivity contribution in [3.8, 4) is 23.0 Å². The number of hydrogen-bond acceptors (Lipinski definition) is 7. The maximum absolute atomic E-state index is 13.2. The molecule has 0 aliphatic heterocycles. The molecular weight excluding hydrogens is 460 g/mol. The fourth-order valence-corrected chi connectivity index (χ4v) is 4.54. The molecule has 184 valence electrons. The molecule has 5 rings (SSSR count). The minimum absolute atomic E-state index is 0.0261. The average Bonchev–Trinajstić information content (AvgIpc) is 3.36. The molecule has 3 aromatic carbocycles. The van der Waals surface area contributed by atoms with Crippen molar-refractivity contribution in [2.24, 2.45) is 0 Å². The second-order valence-electron chi connectivity index (χ2n) is 8.23. The van der Waals surface area contributed by atoms with E-state index in [2.05, 4.69) is 14.9 Å². The molecule has 0 saturated carbocycles. The van der Waals surface area contributed by atoms with Crippen LogP contribution in [0.4, 0.5) is 0 Å². The van der Waals surface area contributed by atoms with Gasteiger partial charge in [0.25, 0.3) is 0 Å². The zero-order valence-electron chi connectivity index (χ0n) is 20.5. The van der Waals surface area contributed by atoms with Crippen molar-refractivity contribution < 1.29 is 18.9 Å². The first-order chi connectivity index (χ1) is 17.6. The predicted molar refractivity (Wildman–Crippen MR) is 137 cm³/mol. The summed E-state index contributed by atoms with van der Waals surface area (Å²) in [6.07, 6.45) is 1.89. The zero-order chi connectivity index (χ0) is 25.2. The number of methoxy groups -OCH3 is 4. The fourth-order valence-electron chi connectivity index (χ4n) is 4.54. The largest absolute Gasteiger partial charge is 0.495 e. The van der Waals surface area contributed by atoms with Crippen molar-refractivity contribution in [1.82, 2.24) is 19.6 Å². The van der Waals surface area contributed by atoms with E-state index in [4.69, 9.17) is 18.9 Å². The van der Waals surface area contributed by atoms with Gasteiger partial charge in [0.15, 0.2) is 16.9 Å². The molecule has 0 unspecified atom stereocenters. The summed E-state index contributed by atoms with van der Waals surface area (Å²) in [4.78, 5) is 13.2. The van der Waals surface area contributed by atoms with Crippen LogP contribution >= 0.6 is 0 Å². The summed E-state index contributed by atoms with van der Waals surface area (Å²) in [5.74, 6) is 2.31. The highest BCUT2D eigenvalue weighted by Crippen LogP contribution is 2.38. The van der Waals surface area contributed by atoms with Gasteiger partial charge < -0.3 is 23.5 Å². The van der Waals surface area contributed by atoms with Gasteiger partial charge in [-0.2, -0.15) is 0 Å². The SMILES string of the molecule is COc1cc(Cn2cc(Cn3c4ccccc4c(=O)c4cccc(OC)c43)nn2)cc(OC)c1OC. The smallest absolute Gasteiger partial charge is 0.203 e. The number of aromatic nitrogens is 4. The molecule has 0 aliphatic rings. The van der Waals surface area contributed by atoms with Gasteiger partial charge in [-0.05, 0) is 42.0 Å². The van der Waals surface area contributed by atoms with E-state index in [9.17, 15) is 4.79 Å². The number of benzene rings is 3. The monoisotopic (exact) mass is 486 g/mol. The maximum atomic E-state index is 13.2. The maximum Gasteiger partial charge on any atom is 0.203 e. The molecule has 0 radical (unpaired) electrons. The number of pyridine rings is 1. The Bertz CT molecular complexity index is 1600. The van der Waals surface area contributed by atoms with Crippen LogP contribution in [0.3, 0.4) is 0 Å². The predicted octanol–water partition coefficient (Wildman–Crippen LogP) is 3.88. The van der Waals surface area contributed by atoms with Gasteiger partial charge in [0.2, 0.25) is 5.75 Å². The number of para-hydroxylation sites is 2. The van der Waals surface area contributed by atoms with Crippen molar-refractivity contribution in [2.45, 2.75) is 13.1 Å². The van der Waals surface area contributed by atoms with E-state index in [0.29, 0.717) is 46.9 Å². The van der Waals surface area contributed by atoms with Crippen LogP contribution < -0.4 is 24.4 Å². The molecule has 0 saturated heterocycles. The van der Waals surface area contributed by atoms with Crippen LogP contribution in [0.25, 0.3) is 21.8 Å². The van der Waals surface area contributed by atoms with Crippen molar-refractivity contribution in [3.05, 3.63) is 82.3 Å². The summed E-state index contributed by atoms with van der Waals surface area (Å²) in [6.45, 7) is 0.867. The van der Waals surface area contributed by atoms with Crippen LogP contribution in [0, 0.1) is 0 Å². The molecule has 0 aliphatic carbocycles. The molecule has 9 heteroatoms. The molecule has 0 fully saturated rings. The quantitative estimate of drug-likeness (QED) is 0.308. The highest BCUT2D eigenvalue weighted by atomic mass is 16.5. The van der Waals surface area contributed by atoms with Crippen LogP contribution in [0.15, 0.2) is 65.6 Å². The molecule has 0 atom stereocenters. The van der Waals surface area contributed by atoms with Crippen LogP contribution in [-0.2, 0) is 13.1 Å². The highest BCUT2D eigenvalue weighted by Gasteiger charge is 2.17. The molecular formula is C27H26N4O5. The third-order valence-electron chi connectivity index (χ3n) is 6.15. The first-order valence-electron chi connectivity index (χ1n) is 11.3. The average molecular weight is 487 g/mol. The van der Waals surface area contributed by atoms with Crippen molar-refractivity contribution in [2.75, 3.05) is 28.4 Å². The molecule has 36 heavy (non-hydrogen) atoms. The molecule has 0 spiro atoms. The normalized spacial score (nSPS) is 11.1. The van der Waals surface area contributed by atoms with Crippen LogP contribution in [0.5, 0.6) is 23.0 Å². The van der Waals surface area contributed by atoms with Gasteiger partial charge in [0.1, 0.15) is 11.4 Å². The molecule has 5 aromatic rings. The third-order valence-corrected chi connectivity index (χ3v) is 6.15. The van der Waals surface area contributed by atoms with Crippen molar-refractivity contribution >= 4 is 21.8 Å². The Hall–Kier alpha value is -4.53. The Balaban J connectivity index is 1.55. The Morgan fingerprint density at radius 1 is 0.778 bits per heavy atom. The molecule has 0 N–H and O–H groups in total. The molecule has 2 heterocycles.